The molecular weight excluding hydrogens is 372 g/mol. The van der Waals surface area contributed by atoms with Crippen molar-refractivity contribution in [2.24, 2.45) is 5.92 Å². The molecule has 2 heterocycles. The molecule has 2 aromatic heterocycles. The minimum atomic E-state index is -0.0642. The molecule has 0 aliphatic rings. The van der Waals surface area contributed by atoms with Gasteiger partial charge in [-0.15, -0.1) is 10.2 Å². The third-order valence-electron chi connectivity index (χ3n) is 4.32. The molecule has 0 bridgehead atoms. The quantitative estimate of drug-likeness (QED) is 0.442. The number of carbonyl (C=O) groups excluding carboxylic acids is 1. The Morgan fingerprint density at radius 1 is 1.21 bits per heavy atom. The third kappa shape index (κ3) is 5.01. The van der Waals surface area contributed by atoms with Crippen molar-refractivity contribution in [3.8, 4) is 5.69 Å². The number of hydrogen-bond acceptors (Lipinski definition) is 5. The van der Waals surface area contributed by atoms with Gasteiger partial charge in [-0.1, -0.05) is 25.6 Å². The maximum atomic E-state index is 12.3. The van der Waals surface area contributed by atoms with Crippen LogP contribution in [0.25, 0.3) is 5.69 Å². The van der Waals surface area contributed by atoms with Crippen LogP contribution in [0, 0.1) is 5.92 Å². The summed E-state index contributed by atoms with van der Waals surface area (Å²) in [4.78, 5) is 16.4. The number of rotatable bonds is 9. The summed E-state index contributed by atoms with van der Waals surface area (Å²) < 4.78 is 4.09. The standard InChI is InChI=1S/C20H26N6OS/c1-15(2)13-26-18(23-24-20(26)28-3)5-4-10-22-19(27)16-6-8-17(9-7-16)25-12-11-21-14-25/h6-9,11-12,14-15H,4-5,10,13H2,1-3H3,(H,22,27). The molecule has 0 aliphatic carbocycles. The summed E-state index contributed by atoms with van der Waals surface area (Å²) in [5.74, 6) is 1.45. The predicted molar refractivity (Wildman–Crippen MR) is 111 cm³/mol. The molecule has 0 unspecified atom stereocenters. The van der Waals surface area contributed by atoms with Crippen molar-refractivity contribution >= 4 is 17.7 Å². The summed E-state index contributed by atoms with van der Waals surface area (Å²) in [6.45, 7) is 5.89. The van der Waals surface area contributed by atoms with E-state index in [0.29, 0.717) is 18.0 Å². The molecule has 0 aliphatic heterocycles. The van der Waals surface area contributed by atoms with Gasteiger partial charge in [-0.2, -0.15) is 0 Å². The lowest BCUT2D eigenvalue weighted by Crippen LogP contribution is -2.25. The minimum Gasteiger partial charge on any atom is -0.352 e. The molecule has 1 aromatic carbocycles. The topological polar surface area (TPSA) is 77.6 Å². The van der Waals surface area contributed by atoms with E-state index in [2.05, 4.69) is 38.9 Å². The van der Waals surface area contributed by atoms with Gasteiger partial charge in [-0.05, 0) is 42.9 Å². The van der Waals surface area contributed by atoms with Gasteiger partial charge in [-0.3, -0.25) is 4.79 Å². The first-order chi connectivity index (χ1) is 13.6. The Balaban J connectivity index is 1.50. The Morgan fingerprint density at radius 3 is 2.64 bits per heavy atom. The molecule has 3 rings (SSSR count). The molecule has 148 valence electrons. The second-order valence-corrected chi connectivity index (χ2v) is 7.76. The molecule has 0 saturated heterocycles. The normalized spacial score (nSPS) is 11.1. The van der Waals surface area contributed by atoms with Gasteiger partial charge in [0.15, 0.2) is 5.16 Å². The highest BCUT2D eigenvalue weighted by Gasteiger charge is 2.12. The Kier molecular flexibility index (Phi) is 6.86. The van der Waals surface area contributed by atoms with E-state index in [1.807, 2.05) is 41.3 Å². The lowest BCUT2D eigenvalue weighted by atomic mass is 10.2. The smallest absolute Gasteiger partial charge is 0.251 e. The van der Waals surface area contributed by atoms with E-state index in [-0.39, 0.29) is 5.91 Å². The zero-order valence-electron chi connectivity index (χ0n) is 16.5. The number of imidazole rings is 1. The molecule has 8 heteroatoms. The summed E-state index contributed by atoms with van der Waals surface area (Å²) in [5, 5.41) is 12.5. The van der Waals surface area contributed by atoms with Crippen molar-refractivity contribution in [1.29, 1.82) is 0 Å². The Bertz CT molecular complexity index is 886. The zero-order chi connectivity index (χ0) is 19.9. The van der Waals surface area contributed by atoms with Gasteiger partial charge in [0.25, 0.3) is 5.91 Å². The molecule has 1 N–H and O–H groups in total. The largest absolute Gasteiger partial charge is 0.352 e. The molecule has 0 fully saturated rings. The van der Waals surface area contributed by atoms with Crippen molar-refractivity contribution in [3.63, 3.8) is 0 Å². The SMILES string of the molecule is CSc1nnc(CCCNC(=O)c2ccc(-n3ccnc3)cc2)n1CC(C)C. The molecule has 28 heavy (non-hydrogen) atoms. The molecule has 0 saturated carbocycles. The lowest BCUT2D eigenvalue weighted by Gasteiger charge is -2.12. The molecule has 7 nitrogen and oxygen atoms in total. The first kappa shape index (κ1) is 20.1. The van der Waals surface area contributed by atoms with Crippen molar-refractivity contribution < 1.29 is 4.79 Å². The van der Waals surface area contributed by atoms with Crippen LogP contribution >= 0.6 is 11.8 Å². The van der Waals surface area contributed by atoms with Gasteiger partial charge in [0, 0.05) is 43.2 Å². The number of carbonyl (C=O) groups is 1. The number of thioether (sulfide) groups is 1. The van der Waals surface area contributed by atoms with Crippen LogP contribution in [-0.2, 0) is 13.0 Å². The van der Waals surface area contributed by atoms with Crippen LogP contribution in [0.4, 0.5) is 0 Å². The maximum absolute atomic E-state index is 12.3. The fraction of sp³-hybridized carbons (Fsp3) is 0.400. The monoisotopic (exact) mass is 398 g/mol. The van der Waals surface area contributed by atoms with Crippen LogP contribution in [0.5, 0.6) is 0 Å². The molecule has 0 spiro atoms. The number of hydrogen-bond donors (Lipinski definition) is 1. The average molecular weight is 399 g/mol. The summed E-state index contributed by atoms with van der Waals surface area (Å²) in [6, 6.07) is 7.48. The Labute approximate surface area is 169 Å². The predicted octanol–water partition coefficient (Wildman–Crippen LogP) is 3.20. The first-order valence-corrected chi connectivity index (χ1v) is 10.6. The summed E-state index contributed by atoms with van der Waals surface area (Å²) in [6.07, 6.45) is 8.96. The number of aryl methyl sites for hydroxylation is 1. The number of nitrogens with one attached hydrogen (secondary N) is 1. The number of benzene rings is 1. The van der Waals surface area contributed by atoms with E-state index in [1.165, 1.54) is 0 Å². The highest BCUT2D eigenvalue weighted by Crippen LogP contribution is 2.16. The van der Waals surface area contributed by atoms with Crippen LogP contribution in [0.15, 0.2) is 48.1 Å². The van der Waals surface area contributed by atoms with Crippen molar-refractivity contribution in [3.05, 3.63) is 54.4 Å². The number of amides is 1. The molecule has 3 aromatic rings. The molecule has 0 atom stereocenters. The van der Waals surface area contributed by atoms with Crippen molar-refractivity contribution in [1.82, 2.24) is 29.6 Å². The summed E-state index contributed by atoms with van der Waals surface area (Å²) >= 11 is 1.61. The molecule has 1 amide bonds. The average Bonchev–Trinajstić information content (AvgIpc) is 3.35. The molecular formula is C20H26N6OS. The van der Waals surface area contributed by atoms with Gasteiger partial charge in [0.2, 0.25) is 0 Å². The van der Waals surface area contributed by atoms with E-state index in [1.54, 1.807) is 24.3 Å². The summed E-state index contributed by atoms with van der Waals surface area (Å²) in [7, 11) is 0. The summed E-state index contributed by atoms with van der Waals surface area (Å²) in [5.41, 5.74) is 1.62. The number of aromatic nitrogens is 5. The van der Waals surface area contributed by atoms with E-state index in [9.17, 15) is 4.79 Å². The van der Waals surface area contributed by atoms with E-state index >= 15 is 0 Å². The highest BCUT2D eigenvalue weighted by molar-refractivity contribution is 7.98. The van der Waals surface area contributed by atoms with E-state index < -0.39 is 0 Å². The fourth-order valence-corrected chi connectivity index (χ4v) is 3.47. The van der Waals surface area contributed by atoms with Gasteiger partial charge in [-0.25, -0.2) is 4.98 Å². The van der Waals surface area contributed by atoms with Gasteiger partial charge in [0.05, 0.1) is 6.33 Å². The van der Waals surface area contributed by atoms with Crippen LogP contribution in [0.1, 0.15) is 36.5 Å². The minimum absolute atomic E-state index is 0.0642. The maximum Gasteiger partial charge on any atom is 0.251 e. The molecule has 0 radical (unpaired) electrons. The van der Waals surface area contributed by atoms with Crippen LogP contribution in [0.2, 0.25) is 0 Å². The second-order valence-electron chi connectivity index (χ2n) is 6.98. The lowest BCUT2D eigenvalue weighted by molar-refractivity contribution is 0.0953. The zero-order valence-corrected chi connectivity index (χ0v) is 17.3. The first-order valence-electron chi connectivity index (χ1n) is 9.41. The van der Waals surface area contributed by atoms with Crippen LogP contribution in [0.3, 0.4) is 0 Å². The van der Waals surface area contributed by atoms with E-state index in [4.69, 9.17) is 0 Å². The second kappa shape index (κ2) is 9.54. The van der Waals surface area contributed by atoms with E-state index in [0.717, 1.165) is 36.1 Å². The number of nitrogens with zero attached hydrogens (tertiary/aromatic N) is 5. The van der Waals surface area contributed by atoms with Crippen LogP contribution < -0.4 is 5.32 Å². The van der Waals surface area contributed by atoms with Crippen molar-refractivity contribution in [2.45, 2.75) is 38.4 Å². The van der Waals surface area contributed by atoms with Crippen molar-refractivity contribution in [2.75, 3.05) is 12.8 Å². The van der Waals surface area contributed by atoms with Crippen LogP contribution in [-0.4, -0.2) is 43.0 Å². The third-order valence-corrected chi connectivity index (χ3v) is 4.99. The Hall–Kier alpha value is -2.61. The fourth-order valence-electron chi connectivity index (χ4n) is 2.95. The van der Waals surface area contributed by atoms with Gasteiger partial charge < -0.3 is 14.5 Å². The van der Waals surface area contributed by atoms with Gasteiger partial charge in [0.1, 0.15) is 5.82 Å². The van der Waals surface area contributed by atoms with Gasteiger partial charge >= 0.3 is 0 Å². The highest BCUT2D eigenvalue weighted by atomic mass is 32.2. The Morgan fingerprint density at radius 2 is 2.00 bits per heavy atom.